The minimum Gasteiger partial charge on any atom is -0.321 e. The summed E-state index contributed by atoms with van der Waals surface area (Å²) >= 11 is 1.01. The van der Waals surface area contributed by atoms with Gasteiger partial charge in [0.1, 0.15) is 16.7 Å². The summed E-state index contributed by atoms with van der Waals surface area (Å²) in [4.78, 5) is 28.2. The molecule has 1 aliphatic heterocycles. The molecule has 4 rings (SSSR count). The molecule has 0 spiro atoms. The van der Waals surface area contributed by atoms with Gasteiger partial charge in [-0.25, -0.2) is 0 Å². The van der Waals surface area contributed by atoms with Crippen molar-refractivity contribution in [2.75, 3.05) is 10.2 Å². The molecule has 1 unspecified atom stereocenters. The predicted molar refractivity (Wildman–Crippen MR) is 142 cm³/mol. The van der Waals surface area contributed by atoms with Crippen LogP contribution in [0.1, 0.15) is 27.8 Å². The fourth-order valence-corrected chi connectivity index (χ4v) is 5.38. The fraction of sp³-hybridized carbons (Fsp3) is 0.207. The summed E-state index contributed by atoms with van der Waals surface area (Å²) in [6, 6.07) is 19.2. The Labute approximate surface area is 223 Å². The quantitative estimate of drug-likeness (QED) is 0.292. The van der Waals surface area contributed by atoms with E-state index in [9.17, 15) is 28.0 Å². The summed E-state index contributed by atoms with van der Waals surface area (Å²) in [7, 11) is 0. The molecular formula is C29H24F3N3O2S. The third-order valence-corrected chi connectivity index (χ3v) is 7.59. The Hall–Kier alpha value is -4.03. The molecule has 38 heavy (non-hydrogen) atoms. The number of hydrogen-bond donors (Lipinski definition) is 1. The van der Waals surface area contributed by atoms with Crippen molar-refractivity contribution >= 4 is 35.0 Å². The van der Waals surface area contributed by atoms with Gasteiger partial charge in [-0.15, -0.1) is 0 Å². The van der Waals surface area contributed by atoms with Crippen molar-refractivity contribution in [1.82, 2.24) is 0 Å². The molecule has 1 N–H and O–H groups in total. The van der Waals surface area contributed by atoms with Crippen molar-refractivity contribution in [3.63, 3.8) is 0 Å². The molecule has 0 radical (unpaired) electrons. The topological polar surface area (TPSA) is 73.2 Å². The Morgan fingerprint density at radius 3 is 2.39 bits per heavy atom. The van der Waals surface area contributed by atoms with Gasteiger partial charge in [-0.2, -0.15) is 18.4 Å². The smallest absolute Gasteiger partial charge is 0.321 e. The number of benzene rings is 3. The van der Waals surface area contributed by atoms with Crippen LogP contribution < -0.4 is 10.2 Å². The molecule has 0 bridgehead atoms. The van der Waals surface area contributed by atoms with Crippen LogP contribution in [-0.4, -0.2) is 17.1 Å². The number of rotatable bonds is 5. The normalized spacial score (nSPS) is 16.8. The van der Waals surface area contributed by atoms with Gasteiger partial charge >= 0.3 is 6.18 Å². The summed E-state index contributed by atoms with van der Waals surface area (Å²) < 4.78 is 39.8. The highest BCUT2D eigenvalue weighted by Gasteiger charge is 2.41. The van der Waals surface area contributed by atoms with Crippen LogP contribution >= 0.6 is 11.8 Å². The number of aryl methyl sites for hydroxylation is 3. The Morgan fingerprint density at radius 1 is 1.00 bits per heavy atom. The average Bonchev–Trinajstić information content (AvgIpc) is 3.17. The van der Waals surface area contributed by atoms with Crippen LogP contribution in [0.25, 0.3) is 0 Å². The lowest BCUT2D eigenvalue weighted by molar-refractivity contribution is -0.137. The zero-order chi connectivity index (χ0) is 27.6. The maximum atomic E-state index is 13.7. The van der Waals surface area contributed by atoms with Crippen LogP contribution in [0.3, 0.4) is 0 Å². The van der Waals surface area contributed by atoms with Gasteiger partial charge in [0.05, 0.1) is 10.8 Å². The zero-order valence-electron chi connectivity index (χ0n) is 20.9. The maximum Gasteiger partial charge on any atom is 0.416 e. The van der Waals surface area contributed by atoms with Crippen LogP contribution in [0.4, 0.5) is 24.5 Å². The van der Waals surface area contributed by atoms with E-state index in [4.69, 9.17) is 0 Å². The first kappa shape index (κ1) is 27.0. The van der Waals surface area contributed by atoms with Crippen molar-refractivity contribution in [2.45, 2.75) is 38.6 Å². The highest BCUT2D eigenvalue weighted by molar-refractivity contribution is 8.05. The zero-order valence-corrected chi connectivity index (χ0v) is 21.7. The summed E-state index contributed by atoms with van der Waals surface area (Å²) in [6.45, 7) is 5.62. The van der Waals surface area contributed by atoms with E-state index in [2.05, 4.69) is 5.32 Å². The monoisotopic (exact) mass is 535 g/mol. The van der Waals surface area contributed by atoms with E-state index < -0.39 is 28.8 Å². The van der Waals surface area contributed by atoms with E-state index in [1.807, 2.05) is 45.0 Å². The van der Waals surface area contributed by atoms with Gasteiger partial charge in [-0.1, -0.05) is 54.2 Å². The van der Waals surface area contributed by atoms with Crippen LogP contribution in [0.15, 0.2) is 77.3 Å². The summed E-state index contributed by atoms with van der Waals surface area (Å²) in [5.74, 6) is -1.09. The average molecular weight is 536 g/mol. The minimum absolute atomic E-state index is 0.00359. The highest BCUT2D eigenvalue weighted by atomic mass is 32.2. The number of carbonyl (C=O) groups excluding carboxylic acids is 2. The molecule has 1 atom stereocenters. The van der Waals surface area contributed by atoms with Crippen molar-refractivity contribution < 1.29 is 22.8 Å². The van der Waals surface area contributed by atoms with Crippen molar-refractivity contribution in [2.24, 2.45) is 0 Å². The number of carbonyl (C=O) groups is 2. The molecule has 5 nitrogen and oxygen atoms in total. The Balaban J connectivity index is 1.76. The number of thioether (sulfide) groups is 1. The number of anilines is 2. The van der Waals surface area contributed by atoms with Crippen LogP contribution in [0.2, 0.25) is 0 Å². The van der Waals surface area contributed by atoms with Crippen LogP contribution in [-0.2, 0) is 22.2 Å². The van der Waals surface area contributed by atoms with Crippen molar-refractivity contribution in [3.05, 3.63) is 105 Å². The third-order valence-electron chi connectivity index (χ3n) is 6.32. The van der Waals surface area contributed by atoms with E-state index in [0.717, 1.165) is 40.6 Å². The Morgan fingerprint density at radius 2 is 1.74 bits per heavy atom. The van der Waals surface area contributed by atoms with Gasteiger partial charge < -0.3 is 5.32 Å². The second kappa shape index (κ2) is 10.8. The van der Waals surface area contributed by atoms with Gasteiger partial charge in [0.2, 0.25) is 5.91 Å². The first-order valence-corrected chi connectivity index (χ1v) is 12.6. The second-order valence-electron chi connectivity index (χ2n) is 9.01. The van der Waals surface area contributed by atoms with Crippen LogP contribution in [0, 0.1) is 32.1 Å². The summed E-state index contributed by atoms with van der Waals surface area (Å²) in [6.07, 6.45) is -4.52. The largest absolute Gasteiger partial charge is 0.416 e. The molecular weight excluding hydrogens is 511 g/mol. The van der Waals surface area contributed by atoms with E-state index in [1.54, 1.807) is 24.3 Å². The number of para-hydroxylation sites is 1. The molecule has 1 fully saturated rings. The Bertz CT molecular complexity index is 1490. The van der Waals surface area contributed by atoms with Gasteiger partial charge in [-0.05, 0) is 73.7 Å². The van der Waals surface area contributed by atoms with Crippen LogP contribution in [0.5, 0.6) is 0 Å². The standard InChI is InChI=1S/C29H24F3N3O2S/c1-17-11-12-22(13-19(17)3)35-27(37)25(15-20-8-6-9-21(14-20)29(30,31)32)38-28(35)23(16-33)26(36)34-24-10-5-4-7-18(24)2/h4-14,25H,15H2,1-3H3,(H,34,36)/b28-23-. The molecule has 3 aromatic rings. The first-order chi connectivity index (χ1) is 18.0. The summed E-state index contributed by atoms with van der Waals surface area (Å²) in [5.41, 5.74) is 2.98. The third kappa shape index (κ3) is 5.60. The molecule has 9 heteroatoms. The molecule has 1 saturated heterocycles. The molecule has 2 amide bonds. The van der Waals surface area contributed by atoms with Crippen molar-refractivity contribution in [1.29, 1.82) is 5.26 Å². The molecule has 1 aliphatic rings. The molecule has 194 valence electrons. The molecule has 0 saturated carbocycles. The highest BCUT2D eigenvalue weighted by Crippen LogP contribution is 2.43. The molecule has 3 aromatic carbocycles. The first-order valence-electron chi connectivity index (χ1n) is 11.7. The lowest BCUT2D eigenvalue weighted by Gasteiger charge is -2.20. The maximum absolute atomic E-state index is 13.7. The number of nitrogens with zero attached hydrogens (tertiary/aromatic N) is 2. The van der Waals surface area contributed by atoms with Gasteiger partial charge in [0, 0.05) is 11.4 Å². The van der Waals surface area contributed by atoms with E-state index in [1.165, 1.54) is 17.0 Å². The molecule has 0 aromatic heterocycles. The van der Waals surface area contributed by atoms with E-state index in [-0.39, 0.29) is 17.0 Å². The van der Waals surface area contributed by atoms with E-state index in [0.29, 0.717) is 16.9 Å². The van der Waals surface area contributed by atoms with Gasteiger partial charge in [-0.3, -0.25) is 14.5 Å². The second-order valence-corrected chi connectivity index (χ2v) is 10.2. The Kier molecular flexibility index (Phi) is 7.65. The minimum atomic E-state index is -4.51. The molecule has 1 heterocycles. The number of amides is 2. The lowest BCUT2D eigenvalue weighted by atomic mass is 10.0. The number of alkyl halides is 3. The SMILES string of the molecule is Cc1ccc(N2C(=O)C(Cc3cccc(C(F)(F)F)c3)S/C2=C(/C#N)C(=O)Nc2ccccc2C)cc1C. The number of nitriles is 1. The van der Waals surface area contributed by atoms with Crippen molar-refractivity contribution in [3.8, 4) is 6.07 Å². The fourth-order valence-electron chi connectivity index (χ4n) is 4.07. The van der Waals surface area contributed by atoms with Gasteiger partial charge in [0.25, 0.3) is 5.91 Å². The number of nitrogens with one attached hydrogen (secondary N) is 1. The summed E-state index contributed by atoms with van der Waals surface area (Å²) in [5, 5.41) is 12.1. The molecule has 0 aliphatic carbocycles. The van der Waals surface area contributed by atoms with Gasteiger partial charge in [0.15, 0.2) is 0 Å². The lowest BCUT2D eigenvalue weighted by Crippen LogP contribution is -2.31. The number of halogens is 3. The number of hydrogen-bond acceptors (Lipinski definition) is 4. The predicted octanol–water partition coefficient (Wildman–Crippen LogP) is 6.70. The van der Waals surface area contributed by atoms with E-state index >= 15 is 0 Å².